The van der Waals surface area contributed by atoms with E-state index >= 15 is 0 Å². The molecule has 1 saturated heterocycles. The Morgan fingerprint density at radius 1 is 1.53 bits per heavy atom. The lowest BCUT2D eigenvalue weighted by atomic mass is 9.95. The van der Waals surface area contributed by atoms with Gasteiger partial charge in [0.15, 0.2) is 0 Å². The van der Waals surface area contributed by atoms with Crippen LogP contribution < -0.4 is 5.32 Å². The second-order valence-corrected chi connectivity index (χ2v) is 6.69. The summed E-state index contributed by atoms with van der Waals surface area (Å²) in [6, 6.07) is 3.89. The molecule has 1 fully saturated rings. The van der Waals surface area contributed by atoms with Gasteiger partial charge >= 0.3 is 0 Å². The number of benzene rings is 1. The minimum Gasteiger partial charge on any atom is -0.378 e. The number of halogens is 2. The molecule has 3 unspecified atom stereocenters. The zero-order valence-corrected chi connectivity index (χ0v) is 12.9. The maximum Gasteiger partial charge on any atom is 0.228 e. The molecule has 5 heteroatoms. The summed E-state index contributed by atoms with van der Waals surface area (Å²) >= 11 is 10.1. The van der Waals surface area contributed by atoms with Crippen LogP contribution in [0.3, 0.4) is 0 Å². The first kappa shape index (κ1) is 13.4. The summed E-state index contributed by atoms with van der Waals surface area (Å²) < 4.78 is 5.62. The number of ether oxygens (including phenoxy) is 1. The number of amides is 1. The van der Waals surface area contributed by atoms with Crippen molar-refractivity contribution >= 4 is 39.1 Å². The van der Waals surface area contributed by atoms with Crippen molar-refractivity contribution in [3.63, 3.8) is 0 Å². The highest BCUT2D eigenvalue weighted by Gasteiger charge is 2.31. The number of hydrogen-bond donors (Lipinski definition) is 1. The summed E-state index contributed by atoms with van der Waals surface area (Å²) in [5, 5.41) is 3.51. The van der Waals surface area contributed by atoms with Crippen molar-refractivity contribution < 1.29 is 9.53 Å². The number of carbonyl (C=O) groups excluding carboxylic acids is 1. The highest BCUT2D eigenvalue weighted by Crippen LogP contribution is 2.43. The molecule has 1 aromatic rings. The van der Waals surface area contributed by atoms with Crippen LogP contribution in [-0.4, -0.2) is 18.6 Å². The van der Waals surface area contributed by atoms with Crippen LogP contribution in [0.2, 0.25) is 5.02 Å². The summed E-state index contributed by atoms with van der Waals surface area (Å²) in [7, 11) is 0. The van der Waals surface area contributed by atoms with Crippen LogP contribution in [-0.2, 0) is 16.0 Å². The molecule has 1 amide bonds. The van der Waals surface area contributed by atoms with E-state index in [1.54, 1.807) is 0 Å². The Kier molecular flexibility index (Phi) is 3.58. The van der Waals surface area contributed by atoms with Crippen molar-refractivity contribution in [2.45, 2.75) is 30.7 Å². The maximum absolute atomic E-state index is 11.4. The van der Waals surface area contributed by atoms with Gasteiger partial charge in [0.1, 0.15) is 0 Å². The zero-order valence-electron chi connectivity index (χ0n) is 10.6. The highest BCUT2D eigenvalue weighted by molar-refractivity contribution is 9.09. The Hall–Kier alpha value is -0.580. The summed E-state index contributed by atoms with van der Waals surface area (Å²) in [6.07, 6.45) is 1.78. The predicted octanol–water partition coefficient (Wildman–Crippen LogP) is 3.70. The lowest BCUT2D eigenvalue weighted by Gasteiger charge is -2.18. The molecule has 19 heavy (non-hydrogen) atoms. The van der Waals surface area contributed by atoms with E-state index in [-0.39, 0.29) is 10.7 Å². The number of carbonyl (C=O) groups is 1. The SMILES string of the molecule is CC1CC(C(Br)c2cc3c(cc2Cl)NC(=O)C3)CO1. The average molecular weight is 345 g/mol. The third-order valence-corrected chi connectivity index (χ3v) is 5.36. The molecule has 2 aliphatic heterocycles. The number of alkyl halides is 1. The number of rotatable bonds is 2. The largest absolute Gasteiger partial charge is 0.378 e. The fourth-order valence-electron chi connectivity index (χ4n) is 2.79. The van der Waals surface area contributed by atoms with E-state index in [4.69, 9.17) is 16.3 Å². The molecule has 0 radical (unpaired) electrons. The number of hydrogen-bond acceptors (Lipinski definition) is 2. The van der Waals surface area contributed by atoms with Gasteiger partial charge in [0, 0.05) is 21.5 Å². The molecule has 0 aromatic heterocycles. The lowest BCUT2D eigenvalue weighted by molar-refractivity contribution is -0.115. The van der Waals surface area contributed by atoms with Crippen LogP contribution in [0.4, 0.5) is 5.69 Å². The van der Waals surface area contributed by atoms with Crippen molar-refractivity contribution in [2.75, 3.05) is 11.9 Å². The normalized spacial score (nSPS) is 27.2. The quantitative estimate of drug-likeness (QED) is 0.831. The molecule has 1 N–H and O–H groups in total. The van der Waals surface area contributed by atoms with E-state index in [2.05, 4.69) is 28.2 Å². The molecule has 102 valence electrons. The highest BCUT2D eigenvalue weighted by atomic mass is 79.9. The van der Waals surface area contributed by atoms with Crippen molar-refractivity contribution in [3.05, 3.63) is 28.3 Å². The van der Waals surface area contributed by atoms with Gasteiger partial charge in [0.25, 0.3) is 0 Å². The molecule has 0 spiro atoms. The van der Waals surface area contributed by atoms with E-state index in [1.165, 1.54) is 0 Å². The van der Waals surface area contributed by atoms with E-state index in [1.807, 2.05) is 12.1 Å². The van der Waals surface area contributed by atoms with E-state index < -0.39 is 0 Å². The summed E-state index contributed by atoms with van der Waals surface area (Å²) in [4.78, 5) is 11.6. The van der Waals surface area contributed by atoms with Crippen molar-refractivity contribution in [1.29, 1.82) is 0 Å². The summed E-state index contributed by atoms with van der Waals surface area (Å²) in [5.41, 5.74) is 2.93. The van der Waals surface area contributed by atoms with Gasteiger partial charge in [-0.2, -0.15) is 0 Å². The average Bonchev–Trinajstić information content (AvgIpc) is 2.92. The second-order valence-electron chi connectivity index (χ2n) is 5.30. The van der Waals surface area contributed by atoms with Gasteiger partial charge in [-0.1, -0.05) is 33.6 Å². The van der Waals surface area contributed by atoms with Gasteiger partial charge in [0.2, 0.25) is 5.91 Å². The monoisotopic (exact) mass is 343 g/mol. The number of fused-ring (bicyclic) bond motifs is 1. The molecule has 2 heterocycles. The second kappa shape index (κ2) is 5.08. The molecule has 0 aliphatic carbocycles. The van der Waals surface area contributed by atoms with Gasteiger partial charge in [0.05, 0.1) is 19.1 Å². The molecule has 2 aliphatic rings. The number of nitrogens with one attached hydrogen (secondary N) is 1. The first-order valence-electron chi connectivity index (χ1n) is 6.42. The van der Waals surface area contributed by atoms with Crippen LogP contribution in [0.5, 0.6) is 0 Å². The van der Waals surface area contributed by atoms with E-state index in [0.717, 1.165) is 29.8 Å². The molecule has 1 aromatic carbocycles. The standard InChI is InChI=1S/C14H15BrClNO2/c1-7-2-9(6-19-7)14(15)10-3-8-4-13(18)17-12(8)5-11(10)16/h3,5,7,9,14H,2,4,6H2,1H3,(H,17,18). The third kappa shape index (κ3) is 2.54. The smallest absolute Gasteiger partial charge is 0.228 e. The van der Waals surface area contributed by atoms with Crippen LogP contribution in [0.25, 0.3) is 0 Å². The van der Waals surface area contributed by atoms with E-state index in [9.17, 15) is 4.79 Å². The van der Waals surface area contributed by atoms with Crippen molar-refractivity contribution in [3.8, 4) is 0 Å². The molecular weight excluding hydrogens is 330 g/mol. The molecular formula is C14H15BrClNO2. The lowest BCUT2D eigenvalue weighted by Crippen LogP contribution is -2.08. The molecule has 3 nitrogen and oxygen atoms in total. The fraction of sp³-hybridized carbons (Fsp3) is 0.500. The minimum atomic E-state index is 0.0344. The van der Waals surface area contributed by atoms with E-state index in [0.29, 0.717) is 23.5 Å². The van der Waals surface area contributed by atoms with Gasteiger partial charge in [-0.05, 0) is 30.5 Å². The molecule has 3 atom stereocenters. The minimum absolute atomic E-state index is 0.0344. The Bertz CT molecular complexity index is 534. The van der Waals surface area contributed by atoms with Gasteiger partial charge < -0.3 is 10.1 Å². The Balaban J connectivity index is 1.89. The van der Waals surface area contributed by atoms with Crippen LogP contribution in [0, 0.1) is 5.92 Å². The fourth-order valence-corrected chi connectivity index (χ4v) is 3.95. The molecule has 3 rings (SSSR count). The van der Waals surface area contributed by atoms with Crippen LogP contribution in [0.15, 0.2) is 12.1 Å². The van der Waals surface area contributed by atoms with Crippen LogP contribution >= 0.6 is 27.5 Å². The van der Waals surface area contributed by atoms with Crippen molar-refractivity contribution in [2.24, 2.45) is 5.92 Å². The Morgan fingerprint density at radius 2 is 2.32 bits per heavy atom. The van der Waals surface area contributed by atoms with Gasteiger partial charge in [-0.3, -0.25) is 4.79 Å². The summed E-state index contributed by atoms with van der Waals surface area (Å²) in [5.74, 6) is 0.461. The molecule has 0 bridgehead atoms. The zero-order chi connectivity index (χ0) is 13.6. The third-order valence-electron chi connectivity index (χ3n) is 3.79. The van der Waals surface area contributed by atoms with Gasteiger partial charge in [-0.15, -0.1) is 0 Å². The van der Waals surface area contributed by atoms with Crippen molar-refractivity contribution in [1.82, 2.24) is 0 Å². The first-order chi connectivity index (χ1) is 9.04. The summed E-state index contributed by atoms with van der Waals surface area (Å²) in [6.45, 7) is 2.84. The van der Waals surface area contributed by atoms with Gasteiger partial charge in [-0.25, -0.2) is 0 Å². The Morgan fingerprint density at radius 3 is 3.00 bits per heavy atom. The Labute approximate surface area is 125 Å². The first-order valence-corrected chi connectivity index (χ1v) is 7.72. The predicted molar refractivity (Wildman–Crippen MR) is 79.0 cm³/mol. The maximum atomic E-state index is 11.4. The van der Waals surface area contributed by atoms with Crippen LogP contribution in [0.1, 0.15) is 29.3 Å². The molecule has 0 saturated carbocycles. The number of anilines is 1. The topological polar surface area (TPSA) is 38.3 Å².